The van der Waals surface area contributed by atoms with Crippen molar-refractivity contribution in [3.05, 3.63) is 0 Å². The molecular formula is C10H19NO4. The third-order valence-corrected chi connectivity index (χ3v) is 1.72. The second-order valence-electron chi connectivity index (χ2n) is 3.72. The molecule has 0 atom stereocenters. The molecule has 0 saturated carbocycles. The maximum Gasteiger partial charge on any atom is 0.312 e. The van der Waals surface area contributed by atoms with Crippen molar-refractivity contribution in [1.82, 2.24) is 5.32 Å². The number of hydrogen-bond donors (Lipinski definition) is 2. The van der Waals surface area contributed by atoms with E-state index in [1.54, 1.807) is 0 Å². The number of aliphatic carboxylic acids is 1. The third kappa shape index (κ3) is 10.8. The highest BCUT2D eigenvalue weighted by Crippen LogP contribution is 1.98. The highest BCUT2D eigenvalue weighted by atomic mass is 16.5. The van der Waals surface area contributed by atoms with Gasteiger partial charge in [-0.25, -0.2) is 0 Å². The maximum atomic E-state index is 10.8. The molecule has 0 aliphatic rings. The molecule has 0 fully saturated rings. The zero-order valence-corrected chi connectivity index (χ0v) is 9.28. The van der Waals surface area contributed by atoms with Gasteiger partial charge >= 0.3 is 5.97 Å². The molecule has 0 radical (unpaired) electrons. The van der Waals surface area contributed by atoms with Crippen LogP contribution in [0.15, 0.2) is 0 Å². The topological polar surface area (TPSA) is 75.6 Å². The van der Waals surface area contributed by atoms with Gasteiger partial charge in [-0.3, -0.25) is 9.59 Å². The summed E-state index contributed by atoms with van der Waals surface area (Å²) < 4.78 is 5.24. The van der Waals surface area contributed by atoms with Gasteiger partial charge in [0.25, 0.3) is 0 Å². The van der Waals surface area contributed by atoms with Gasteiger partial charge in [-0.05, 0) is 12.3 Å². The molecule has 0 aliphatic carbocycles. The summed E-state index contributed by atoms with van der Waals surface area (Å²) in [6.07, 6.45) is 0.509. The molecule has 5 nitrogen and oxygen atoms in total. The van der Waals surface area contributed by atoms with Crippen LogP contribution in [0.4, 0.5) is 0 Å². The second kappa shape index (κ2) is 8.23. The number of hydrogen-bond acceptors (Lipinski definition) is 3. The summed E-state index contributed by atoms with van der Waals surface area (Å²) in [6.45, 7) is 5.69. The average Bonchev–Trinajstić information content (AvgIpc) is 2.09. The first-order valence-electron chi connectivity index (χ1n) is 5.08. The number of ether oxygens (including phenoxy) is 1. The van der Waals surface area contributed by atoms with Crippen molar-refractivity contribution in [1.29, 1.82) is 0 Å². The largest absolute Gasteiger partial charge is 0.481 e. The first-order chi connectivity index (χ1) is 7.02. The van der Waals surface area contributed by atoms with Crippen molar-refractivity contribution in [3.8, 4) is 0 Å². The van der Waals surface area contributed by atoms with Crippen LogP contribution in [0.3, 0.4) is 0 Å². The molecule has 0 saturated heterocycles. The maximum absolute atomic E-state index is 10.8. The fraction of sp³-hybridized carbons (Fsp3) is 0.800. The Morgan fingerprint density at radius 2 is 2.00 bits per heavy atom. The number of nitrogens with one attached hydrogen (secondary N) is 1. The van der Waals surface area contributed by atoms with E-state index in [-0.39, 0.29) is 0 Å². The summed E-state index contributed by atoms with van der Waals surface area (Å²) in [5, 5.41) is 10.8. The van der Waals surface area contributed by atoms with Gasteiger partial charge in [-0.1, -0.05) is 13.8 Å². The van der Waals surface area contributed by atoms with Crippen LogP contribution in [0.1, 0.15) is 26.7 Å². The molecule has 0 unspecified atom stereocenters. The van der Waals surface area contributed by atoms with Crippen molar-refractivity contribution in [2.45, 2.75) is 26.7 Å². The van der Waals surface area contributed by atoms with E-state index in [0.29, 0.717) is 25.7 Å². The minimum atomic E-state index is -1.12. The molecule has 0 aromatic heterocycles. The molecule has 0 heterocycles. The van der Waals surface area contributed by atoms with Crippen molar-refractivity contribution >= 4 is 11.9 Å². The van der Waals surface area contributed by atoms with Gasteiger partial charge in [0.1, 0.15) is 6.42 Å². The Labute approximate surface area is 89.8 Å². The number of carboxylic acids is 1. The van der Waals surface area contributed by atoms with Crippen molar-refractivity contribution in [3.63, 3.8) is 0 Å². The summed E-state index contributed by atoms with van der Waals surface area (Å²) in [7, 11) is 0. The average molecular weight is 217 g/mol. The van der Waals surface area contributed by atoms with Gasteiger partial charge in [0, 0.05) is 13.2 Å². The third-order valence-electron chi connectivity index (χ3n) is 1.72. The van der Waals surface area contributed by atoms with Crippen LogP contribution in [-0.4, -0.2) is 36.7 Å². The highest BCUT2D eigenvalue weighted by molar-refractivity contribution is 5.93. The van der Waals surface area contributed by atoms with Crippen LogP contribution in [0.5, 0.6) is 0 Å². The van der Waals surface area contributed by atoms with Crippen LogP contribution < -0.4 is 5.32 Å². The fourth-order valence-corrected chi connectivity index (χ4v) is 0.884. The van der Waals surface area contributed by atoms with E-state index in [9.17, 15) is 9.59 Å². The minimum absolute atomic E-state index is 0.365. The Kier molecular flexibility index (Phi) is 7.62. The molecule has 1 amide bonds. The predicted molar refractivity (Wildman–Crippen MR) is 55.5 cm³/mol. The minimum Gasteiger partial charge on any atom is -0.481 e. The summed E-state index contributed by atoms with van der Waals surface area (Å²) in [6, 6.07) is 0. The van der Waals surface area contributed by atoms with Crippen molar-refractivity contribution in [2.24, 2.45) is 5.92 Å². The van der Waals surface area contributed by atoms with E-state index in [0.717, 1.165) is 6.42 Å². The Balaban J connectivity index is 3.24. The van der Waals surface area contributed by atoms with Crippen LogP contribution >= 0.6 is 0 Å². The molecule has 0 aliphatic heterocycles. The van der Waals surface area contributed by atoms with E-state index >= 15 is 0 Å². The molecule has 0 rings (SSSR count). The van der Waals surface area contributed by atoms with E-state index in [4.69, 9.17) is 9.84 Å². The lowest BCUT2D eigenvalue weighted by atomic mass is 10.1. The van der Waals surface area contributed by atoms with Crippen molar-refractivity contribution < 1.29 is 19.4 Å². The van der Waals surface area contributed by atoms with Crippen LogP contribution in [-0.2, 0) is 14.3 Å². The molecule has 5 heteroatoms. The second-order valence-corrected chi connectivity index (χ2v) is 3.72. The zero-order chi connectivity index (χ0) is 11.7. The molecule has 0 aromatic carbocycles. The van der Waals surface area contributed by atoms with Gasteiger partial charge < -0.3 is 15.2 Å². The number of amides is 1. The lowest BCUT2D eigenvalue weighted by Crippen LogP contribution is -2.29. The Morgan fingerprint density at radius 3 is 2.53 bits per heavy atom. The number of carbonyl (C=O) groups excluding carboxylic acids is 1. The van der Waals surface area contributed by atoms with Crippen LogP contribution in [0.25, 0.3) is 0 Å². The number of carbonyl (C=O) groups is 2. The van der Waals surface area contributed by atoms with Gasteiger partial charge in [-0.15, -0.1) is 0 Å². The van der Waals surface area contributed by atoms with Gasteiger partial charge in [0.05, 0.1) is 6.61 Å². The lowest BCUT2D eigenvalue weighted by Gasteiger charge is -2.06. The quantitative estimate of drug-likeness (QED) is 0.462. The number of carboxylic acid groups (broad SMARTS) is 1. The Morgan fingerprint density at radius 1 is 1.33 bits per heavy atom. The van der Waals surface area contributed by atoms with Gasteiger partial charge in [0.15, 0.2) is 0 Å². The van der Waals surface area contributed by atoms with E-state index < -0.39 is 18.3 Å². The predicted octanol–water partition coefficient (Wildman–Crippen LogP) is 0.640. The normalized spacial score (nSPS) is 10.3. The summed E-state index contributed by atoms with van der Waals surface area (Å²) in [5.41, 5.74) is 0. The first-order valence-corrected chi connectivity index (χ1v) is 5.08. The molecule has 0 bridgehead atoms. The van der Waals surface area contributed by atoms with Crippen molar-refractivity contribution in [2.75, 3.05) is 19.8 Å². The fourth-order valence-electron chi connectivity index (χ4n) is 0.884. The summed E-state index contributed by atoms with van der Waals surface area (Å²) in [5.74, 6) is -0.991. The SMILES string of the molecule is CC(C)CCOCCNC(=O)CC(=O)O. The monoisotopic (exact) mass is 217 g/mol. The molecular weight excluding hydrogens is 198 g/mol. The molecule has 0 spiro atoms. The molecule has 15 heavy (non-hydrogen) atoms. The Bertz CT molecular complexity index is 204. The molecule has 2 N–H and O–H groups in total. The highest BCUT2D eigenvalue weighted by Gasteiger charge is 2.05. The smallest absolute Gasteiger partial charge is 0.312 e. The molecule has 88 valence electrons. The molecule has 0 aromatic rings. The van der Waals surface area contributed by atoms with E-state index in [1.807, 2.05) is 0 Å². The summed E-state index contributed by atoms with van der Waals surface area (Å²) in [4.78, 5) is 21.0. The zero-order valence-electron chi connectivity index (χ0n) is 9.28. The standard InChI is InChI=1S/C10H19NO4/c1-8(2)3-5-15-6-4-11-9(12)7-10(13)14/h8H,3-7H2,1-2H3,(H,11,12)(H,13,14). The summed E-state index contributed by atoms with van der Waals surface area (Å²) >= 11 is 0. The lowest BCUT2D eigenvalue weighted by molar-refractivity contribution is -0.140. The Hall–Kier alpha value is -1.10. The van der Waals surface area contributed by atoms with Gasteiger partial charge in [0.2, 0.25) is 5.91 Å². The van der Waals surface area contributed by atoms with Gasteiger partial charge in [-0.2, -0.15) is 0 Å². The number of rotatable bonds is 8. The van der Waals surface area contributed by atoms with Crippen LogP contribution in [0.2, 0.25) is 0 Å². The van der Waals surface area contributed by atoms with E-state index in [2.05, 4.69) is 19.2 Å². The van der Waals surface area contributed by atoms with Crippen LogP contribution in [0, 0.1) is 5.92 Å². The van der Waals surface area contributed by atoms with E-state index in [1.165, 1.54) is 0 Å². The first kappa shape index (κ1) is 13.9.